The molecule has 0 spiro atoms. The molecular weight excluding hydrogens is 282 g/mol. The van der Waals surface area contributed by atoms with Gasteiger partial charge in [-0.15, -0.1) is 0 Å². The third-order valence-corrected chi connectivity index (χ3v) is 2.74. The fourth-order valence-electron chi connectivity index (χ4n) is 1.40. The molecule has 2 rings (SSSR count). The minimum atomic E-state index is 0.349. The number of nitrogens with zero attached hydrogens (tertiary/aromatic N) is 1. The van der Waals surface area contributed by atoms with Gasteiger partial charge in [0, 0.05) is 0 Å². The van der Waals surface area contributed by atoms with Crippen LogP contribution < -0.4 is 4.74 Å². The van der Waals surface area contributed by atoms with Gasteiger partial charge in [0.15, 0.2) is 4.67 Å². The predicted molar refractivity (Wildman–Crippen MR) is 66.6 cm³/mol. The molecular formula is C13H10BrNO2. The van der Waals surface area contributed by atoms with Crippen molar-refractivity contribution in [3.8, 4) is 11.8 Å². The predicted octanol–water partition coefficient (Wildman–Crippen LogP) is 3.80. The largest absolute Gasteiger partial charge is 0.485 e. The van der Waals surface area contributed by atoms with E-state index >= 15 is 0 Å². The number of halogens is 1. The van der Waals surface area contributed by atoms with E-state index < -0.39 is 0 Å². The van der Waals surface area contributed by atoms with Gasteiger partial charge in [0.25, 0.3) is 0 Å². The van der Waals surface area contributed by atoms with Gasteiger partial charge in [-0.05, 0) is 52.7 Å². The van der Waals surface area contributed by atoms with E-state index in [0.29, 0.717) is 22.6 Å². The normalized spacial score (nSPS) is 9.94. The molecule has 0 amide bonds. The number of benzene rings is 1. The molecule has 4 heteroatoms. The van der Waals surface area contributed by atoms with E-state index in [4.69, 9.17) is 14.4 Å². The Balaban J connectivity index is 2.11. The van der Waals surface area contributed by atoms with E-state index in [1.165, 1.54) is 0 Å². The van der Waals surface area contributed by atoms with E-state index in [2.05, 4.69) is 22.0 Å². The lowest BCUT2D eigenvalue weighted by atomic mass is 10.1. The molecule has 0 N–H and O–H groups in total. The van der Waals surface area contributed by atoms with E-state index in [9.17, 15) is 0 Å². The molecule has 0 aliphatic carbocycles. The van der Waals surface area contributed by atoms with Crippen LogP contribution in [0.5, 0.6) is 5.75 Å². The Hall–Kier alpha value is -1.73. The van der Waals surface area contributed by atoms with E-state index in [0.717, 1.165) is 11.3 Å². The minimum Gasteiger partial charge on any atom is -0.485 e. The van der Waals surface area contributed by atoms with Gasteiger partial charge in [-0.1, -0.05) is 6.07 Å². The maximum absolute atomic E-state index is 8.81. The highest BCUT2D eigenvalue weighted by molar-refractivity contribution is 9.10. The summed E-state index contributed by atoms with van der Waals surface area (Å²) in [4.78, 5) is 0. The highest BCUT2D eigenvalue weighted by Crippen LogP contribution is 2.21. The van der Waals surface area contributed by atoms with Crippen LogP contribution in [0.2, 0.25) is 0 Å². The van der Waals surface area contributed by atoms with Gasteiger partial charge >= 0.3 is 0 Å². The van der Waals surface area contributed by atoms with Crippen LogP contribution in [-0.2, 0) is 6.61 Å². The van der Waals surface area contributed by atoms with Crippen molar-refractivity contribution in [2.75, 3.05) is 0 Å². The molecule has 17 heavy (non-hydrogen) atoms. The molecule has 0 fully saturated rings. The molecule has 0 radical (unpaired) electrons. The van der Waals surface area contributed by atoms with Crippen molar-refractivity contribution in [3.63, 3.8) is 0 Å². The smallest absolute Gasteiger partial charge is 0.169 e. The quantitative estimate of drug-likeness (QED) is 0.864. The Morgan fingerprint density at radius 1 is 1.35 bits per heavy atom. The summed E-state index contributed by atoms with van der Waals surface area (Å²) in [5, 5.41) is 8.81. The SMILES string of the molecule is Cc1ccc(C#N)cc1OCc1ccc(Br)o1. The lowest BCUT2D eigenvalue weighted by molar-refractivity contribution is 0.266. The van der Waals surface area contributed by atoms with Gasteiger partial charge in [-0.3, -0.25) is 0 Å². The van der Waals surface area contributed by atoms with Crippen LogP contribution in [-0.4, -0.2) is 0 Å². The van der Waals surface area contributed by atoms with Crippen molar-refractivity contribution < 1.29 is 9.15 Å². The van der Waals surface area contributed by atoms with Gasteiger partial charge in [0.2, 0.25) is 0 Å². The molecule has 0 bridgehead atoms. The van der Waals surface area contributed by atoms with Gasteiger partial charge in [0.05, 0.1) is 11.6 Å². The molecule has 0 saturated heterocycles. The van der Waals surface area contributed by atoms with E-state index in [1.807, 2.05) is 25.1 Å². The lowest BCUT2D eigenvalue weighted by Crippen LogP contribution is -1.96. The summed E-state index contributed by atoms with van der Waals surface area (Å²) < 4.78 is 11.6. The Kier molecular flexibility index (Phi) is 3.50. The van der Waals surface area contributed by atoms with Crippen LogP contribution in [0.25, 0.3) is 0 Å². The first-order valence-electron chi connectivity index (χ1n) is 5.07. The van der Waals surface area contributed by atoms with E-state index in [-0.39, 0.29) is 0 Å². The highest BCUT2D eigenvalue weighted by Gasteiger charge is 2.04. The number of hydrogen-bond donors (Lipinski definition) is 0. The van der Waals surface area contributed by atoms with Gasteiger partial charge < -0.3 is 9.15 Å². The maximum atomic E-state index is 8.81. The number of nitriles is 1. The van der Waals surface area contributed by atoms with Crippen molar-refractivity contribution in [1.82, 2.24) is 0 Å². The zero-order valence-electron chi connectivity index (χ0n) is 9.24. The molecule has 0 unspecified atom stereocenters. The summed E-state index contributed by atoms with van der Waals surface area (Å²) in [6, 6.07) is 11.1. The van der Waals surface area contributed by atoms with Crippen molar-refractivity contribution in [1.29, 1.82) is 5.26 Å². The number of aryl methyl sites for hydroxylation is 1. The number of ether oxygens (including phenoxy) is 1. The third-order valence-electron chi connectivity index (χ3n) is 2.32. The number of hydrogen-bond acceptors (Lipinski definition) is 3. The molecule has 0 aliphatic rings. The van der Waals surface area contributed by atoms with Gasteiger partial charge in [0.1, 0.15) is 18.1 Å². The molecule has 0 aliphatic heterocycles. The first kappa shape index (κ1) is 11.7. The molecule has 86 valence electrons. The topological polar surface area (TPSA) is 46.2 Å². The lowest BCUT2D eigenvalue weighted by Gasteiger charge is -2.07. The Morgan fingerprint density at radius 2 is 2.18 bits per heavy atom. The Morgan fingerprint density at radius 3 is 2.82 bits per heavy atom. The average Bonchev–Trinajstić information content (AvgIpc) is 2.74. The zero-order valence-corrected chi connectivity index (χ0v) is 10.8. The van der Waals surface area contributed by atoms with Crippen molar-refractivity contribution in [3.05, 3.63) is 51.9 Å². The Labute approximate surface area is 108 Å². The first-order valence-corrected chi connectivity index (χ1v) is 5.86. The molecule has 1 aromatic carbocycles. The summed E-state index contributed by atoms with van der Waals surface area (Å²) in [6.45, 7) is 2.29. The van der Waals surface area contributed by atoms with Gasteiger partial charge in [-0.25, -0.2) is 0 Å². The second-order valence-corrected chi connectivity index (χ2v) is 4.37. The molecule has 1 aromatic heterocycles. The van der Waals surface area contributed by atoms with E-state index in [1.54, 1.807) is 12.1 Å². The Bertz CT molecular complexity index is 569. The fourth-order valence-corrected chi connectivity index (χ4v) is 1.74. The molecule has 0 atom stereocenters. The van der Waals surface area contributed by atoms with Gasteiger partial charge in [-0.2, -0.15) is 5.26 Å². The monoisotopic (exact) mass is 291 g/mol. The van der Waals surface area contributed by atoms with Crippen molar-refractivity contribution in [2.45, 2.75) is 13.5 Å². The summed E-state index contributed by atoms with van der Waals surface area (Å²) in [7, 11) is 0. The number of furan rings is 1. The summed E-state index contributed by atoms with van der Waals surface area (Å²) in [6.07, 6.45) is 0. The van der Waals surface area contributed by atoms with Crippen LogP contribution >= 0.6 is 15.9 Å². The summed E-state index contributed by atoms with van der Waals surface area (Å²) in [5.41, 5.74) is 1.58. The van der Waals surface area contributed by atoms with Crippen LogP contribution in [0.15, 0.2) is 39.4 Å². The highest BCUT2D eigenvalue weighted by atomic mass is 79.9. The minimum absolute atomic E-state index is 0.349. The standard InChI is InChI=1S/C13H10BrNO2/c1-9-2-3-10(7-15)6-12(9)16-8-11-4-5-13(14)17-11/h2-6H,8H2,1H3. The summed E-state index contributed by atoms with van der Waals surface area (Å²) >= 11 is 3.23. The third kappa shape index (κ3) is 2.89. The first-order chi connectivity index (χ1) is 8.19. The van der Waals surface area contributed by atoms with Crippen molar-refractivity contribution >= 4 is 15.9 Å². The van der Waals surface area contributed by atoms with Crippen LogP contribution in [0.3, 0.4) is 0 Å². The molecule has 0 saturated carbocycles. The van der Waals surface area contributed by atoms with Crippen LogP contribution in [0.1, 0.15) is 16.9 Å². The molecule has 3 nitrogen and oxygen atoms in total. The summed E-state index contributed by atoms with van der Waals surface area (Å²) in [5.74, 6) is 1.44. The maximum Gasteiger partial charge on any atom is 0.169 e. The van der Waals surface area contributed by atoms with Crippen molar-refractivity contribution in [2.24, 2.45) is 0 Å². The second kappa shape index (κ2) is 5.07. The second-order valence-electron chi connectivity index (χ2n) is 3.59. The van der Waals surface area contributed by atoms with Crippen LogP contribution in [0.4, 0.5) is 0 Å². The molecule has 1 heterocycles. The fraction of sp³-hybridized carbons (Fsp3) is 0.154. The average molecular weight is 292 g/mol. The number of rotatable bonds is 3. The van der Waals surface area contributed by atoms with Crippen LogP contribution in [0, 0.1) is 18.3 Å². The zero-order chi connectivity index (χ0) is 12.3. The molecule has 2 aromatic rings.